The molecular formula is C21H17N3O7. The molecule has 0 unspecified atom stereocenters. The average Bonchev–Trinajstić information content (AvgIpc) is 3.29. The Balaban J connectivity index is 1.69. The quantitative estimate of drug-likeness (QED) is 0.336. The van der Waals surface area contributed by atoms with Gasteiger partial charge in [-0.1, -0.05) is 24.3 Å². The third-order valence-corrected chi connectivity index (χ3v) is 4.15. The molecule has 0 aliphatic rings. The van der Waals surface area contributed by atoms with Crippen molar-refractivity contribution in [3.8, 4) is 0 Å². The lowest BCUT2D eigenvalue weighted by atomic mass is 10.1. The molecule has 2 aromatic carbocycles. The minimum Gasteiger partial charge on any atom is -0.459 e. The van der Waals surface area contributed by atoms with Gasteiger partial charge in [-0.05, 0) is 37.3 Å². The summed E-state index contributed by atoms with van der Waals surface area (Å²) < 4.78 is 10.2. The van der Waals surface area contributed by atoms with Crippen molar-refractivity contribution in [2.45, 2.75) is 13.0 Å². The Morgan fingerprint density at radius 3 is 2.32 bits per heavy atom. The van der Waals surface area contributed by atoms with Gasteiger partial charge in [-0.2, -0.15) is 0 Å². The molecule has 0 saturated carbocycles. The number of hydrogen-bond acceptors (Lipinski definition) is 7. The zero-order valence-corrected chi connectivity index (χ0v) is 16.2. The van der Waals surface area contributed by atoms with Crippen molar-refractivity contribution in [1.82, 2.24) is 0 Å². The highest BCUT2D eigenvalue weighted by molar-refractivity contribution is 6.07. The molecule has 0 radical (unpaired) electrons. The van der Waals surface area contributed by atoms with E-state index in [4.69, 9.17) is 9.15 Å². The van der Waals surface area contributed by atoms with Crippen molar-refractivity contribution >= 4 is 34.8 Å². The van der Waals surface area contributed by atoms with Crippen LogP contribution in [-0.2, 0) is 9.53 Å². The third-order valence-electron chi connectivity index (χ3n) is 4.15. The molecule has 1 aromatic heterocycles. The molecule has 2 N–H and O–H groups in total. The van der Waals surface area contributed by atoms with Gasteiger partial charge in [0.25, 0.3) is 17.5 Å². The average molecular weight is 423 g/mol. The number of nitrogens with one attached hydrogen (secondary N) is 2. The number of carbonyl (C=O) groups excluding carboxylic acids is 3. The van der Waals surface area contributed by atoms with E-state index in [0.717, 1.165) is 0 Å². The van der Waals surface area contributed by atoms with Crippen LogP contribution in [0.4, 0.5) is 17.1 Å². The maximum Gasteiger partial charge on any atom is 0.341 e. The molecular weight excluding hydrogens is 406 g/mol. The molecule has 2 amide bonds. The number of furan rings is 1. The summed E-state index contributed by atoms with van der Waals surface area (Å²) in [5.41, 5.74) is -0.125. The predicted octanol–water partition coefficient (Wildman–Crippen LogP) is 3.62. The number of benzene rings is 2. The standard InChI is InChI=1S/C21H17N3O7/c1-13(19(25)23-16-9-4-5-10-17(16)24(28)29)31-21(27)14-7-2-3-8-15(14)22-20(26)18-11-6-12-30-18/h2-13H,1H3,(H,22,26)(H,23,25)/t13-/m1/s1. The lowest BCUT2D eigenvalue weighted by Crippen LogP contribution is -2.30. The fraction of sp³-hybridized carbons (Fsp3) is 0.0952. The summed E-state index contributed by atoms with van der Waals surface area (Å²) in [6, 6.07) is 14.7. The Morgan fingerprint density at radius 1 is 0.968 bits per heavy atom. The van der Waals surface area contributed by atoms with Crippen molar-refractivity contribution in [3.63, 3.8) is 0 Å². The number of anilines is 2. The van der Waals surface area contributed by atoms with Gasteiger partial charge in [-0.25, -0.2) is 4.79 Å². The fourth-order valence-corrected chi connectivity index (χ4v) is 2.61. The number of para-hydroxylation sites is 3. The first-order valence-electron chi connectivity index (χ1n) is 9.06. The number of ether oxygens (including phenoxy) is 1. The van der Waals surface area contributed by atoms with Crippen LogP contribution >= 0.6 is 0 Å². The highest BCUT2D eigenvalue weighted by atomic mass is 16.6. The topological polar surface area (TPSA) is 141 Å². The minimum absolute atomic E-state index is 0.0211. The molecule has 0 bridgehead atoms. The SMILES string of the molecule is C[C@@H](OC(=O)c1ccccc1NC(=O)c1ccco1)C(=O)Nc1ccccc1[N+](=O)[O-]. The lowest BCUT2D eigenvalue weighted by molar-refractivity contribution is -0.383. The number of nitro benzene ring substituents is 1. The van der Waals surface area contributed by atoms with Gasteiger partial charge >= 0.3 is 5.97 Å². The molecule has 158 valence electrons. The van der Waals surface area contributed by atoms with Crippen LogP contribution in [0.3, 0.4) is 0 Å². The number of nitro groups is 1. The maximum absolute atomic E-state index is 12.6. The van der Waals surface area contributed by atoms with Crippen molar-refractivity contribution in [2.75, 3.05) is 10.6 Å². The summed E-state index contributed by atoms with van der Waals surface area (Å²) in [6.07, 6.45) is 0.0769. The van der Waals surface area contributed by atoms with E-state index in [1.807, 2.05) is 0 Å². The summed E-state index contributed by atoms with van der Waals surface area (Å²) >= 11 is 0. The van der Waals surface area contributed by atoms with Crippen LogP contribution in [0, 0.1) is 10.1 Å². The van der Waals surface area contributed by atoms with E-state index in [0.29, 0.717) is 0 Å². The molecule has 10 nitrogen and oxygen atoms in total. The van der Waals surface area contributed by atoms with E-state index in [1.54, 1.807) is 18.2 Å². The van der Waals surface area contributed by atoms with Gasteiger partial charge in [0.05, 0.1) is 22.4 Å². The molecule has 0 spiro atoms. The number of esters is 1. The van der Waals surface area contributed by atoms with E-state index >= 15 is 0 Å². The number of carbonyl (C=O) groups is 3. The minimum atomic E-state index is -1.26. The summed E-state index contributed by atoms with van der Waals surface area (Å²) in [5, 5.41) is 16.0. The fourth-order valence-electron chi connectivity index (χ4n) is 2.61. The van der Waals surface area contributed by atoms with Gasteiger partial charge in [0.2, 0.25) is 0 Å². The van der Waals surface area contributed by atoms with Crippen LogP contribution in [0.1, 0.15) is 27.8 Å². The Labute approximate surface area is 176 Å². The second kappa shape index (κ2) is 9.35. The first-order chi connectivity index (χ1) is 14.9. The van der Waals surface area contributed by atoms with Gasteiger partial charge in [-0.3, -0.25) is 19.7 Å². The number of hydrogen-bond donors (Lipinski definition) is 2. The molecule has 10 heteroatoms. The summed E-state index contributed by atoms with van der Waals surface area (Å²) in [6.45, 7) is 1.33. The molecule has 0 aliphatic heterocycles. The number of nitrogens with zero attached hydrogens (tertiary/aromatic N) is 1. The molecule has 0 fully saturated rings. The Morgan fingerprint density at radius 2 is 1.65 bits per heavy atom. The van der Waals surface area contributed by atoms with Gasteiger partial charge in [0.1, 0.15) is 5.69 Å². The van der Waals surface area contributed by atoms with E-state index in [1.165, 1.54) is 55.7 Å². The first kappa shape index (κ1) is 21.2. The third kappa shape index (κ3) is 5.12. The van der Waals surface area contributed by atoms with Crippen LogP contribution < -0.4 is 10.6 Å². The molecule has 0 saturated heterocycles. The molecule has 1 heterocycles. The van der Waals surface area contributed by atoms with Crippen molar-refractivity contribution in [2.24, 2.45) is 0 Å². The van der Waals surface area contributed by atoms with Crippen molar-refractivity contribution < 1.29 is 28.5 Å². The van der Waals surface area contributed by atoms with E-state index in [2.05, 4.69) is 10.6 Å². The van der Waals surface area contributed by atoms with E-state index in [9.17, 15) is 24.5 Å². The van der Waals surface area contributed by atoms with Crippen LogP contribution in [0.5, 0.6) is 0 Å². The van der Waals surface area contributed by atoms with E-state index < -0.39 is 28.8 Å². The summed E-state index contributed by atoms with van der Waals surface area (Å²) in [4.78, 5) is 47.6. The van der Waals surface area contributed by atoms with E-state index in [-0.39, 0.29) is 28.4 Å². The Hall–Kier alpha value is -4.47. The molecule has 3 rings (SSSR count). The predicted molar refractivity (Wildman–Crippen MR) is 110 cm³/mol. The van der Waals surface area contributed by atoms with Crippen LogP contribution in [0.15, 0.2) is 71.3 Å². The maximum atomic E-state index is 12.6. The molecule has 0 aliphatic carbocycles. The molecule has 3 aromatic rings. The van der Waals surface area contributed by atoms with Crippen molar-refractivity contribution in [1.29, 1.82) is 0 Å². The number of rotatable bonds is 7. The molecule has 31 heavy (non-hydrogen) atoms. The smallest absolute Gasteiger partial charge is 0.341 e. The monoisotopic (exact) mass is 423 g/mol. The highest BCUT2D eigenvalue weighted by Crippen LogP contribution is 2.24. The Bertz CT molecular complexity index is 1130. The largest absolute Gasteiger partial charge is 0.459 e. The van der Waals surface area contributed by atoms with Gasteiger partial charge in [0, 0.05) is 6.07 Å². The van der Waals surface area contributed by atoms with Gasteiger partial charge in [-0.15, -0.1) is 0 Å². The summed E-state index contributed by atoms with van der Waals surface area (Å²) in [5.74, 6) is -2.12. The normalized spacial score (nSPS) is 11.3. The zero-order chi connectivity index (χ0) is 22.4. The van der Waals surface area contributed by atoms with Crippen LogP contribution in [-0.4, -0.2) is 28.8 Å². The summed E-state index contributed by atoms with van der Waals surface area (Å²) in [7, 11) is 0. The second-order valence-corrected chi connectivity index (χ2v) is 6.29. The second-order valence-electron chi connectivity index (χ2n) is 6.29. The highest BCUT2D eigenvalue weighted by Gasteiger charge is 2.24. The number of amides is 2. The van der Waals surface area contributed by atoms with Gasteiger partial charge < -0.3 is 19.8 Å². The van der Waals surface area contributed by atoms with Crippen LogP contribution in [0.25, 0.3) is 0 Å². The Kier molecular flexibility index (Phi) is 6.41. The van der Waals surface area contributed by atoms with Crippen molar-refractivity contribution in [3.05, 3.63) is 88.4 Å². The molecule has 1 atom stereocenters. The van der Waals surface area contributed by atoms with Gasteiger partial charge in [0.15, 0.2) is 11.9 Å². The lowest BCUT2D eigenvalue weighted by Gasteiger charge is -2.15. The van der Waals surface area contributed by atoms with Crippen LogP contribution in [0.2, 0.25) is 0 Å². The first-order valence-corrected chi connectivity index (χ1v) is 9.06. The zero-order valence-electron chi connectivity index (χ0n) is 16.2.